The van der Waals surface area contributed by atoms with E-state index in [1.54, 1.807) is 0 Å². The van der Waals surface area contributed by atoms with Crippen molar-refractivity contribution < 1.29 is 52.7 Å². The molecule has 14 heteroatoms. The van der Waals surface area contributed by atoms with Crippen LogP contribution in [0.25, 0.3) is 0 Å². The zero-order valence-electron chi connectivity index (χ0n) is 14.4. The van der Waals surface area contributed by atoms with Crippen LogP contribution < -0.4 is 0 Å². The fourth-order valence-electron chi connectivity index (χ4n) is 1.84. The van der Waals surface area contributed by atoms with Gasteiger partial charge in [0.1, 0.15) is 6.10 Å². The van der Waals surface area contributed by atoms with Gasteiger partial charge in [0.25, 0.3) is 19.7 Å². The highest BCUT2D eigenvalue weighted by molar-refractivity contribution is 8.09. The first kappa shape index (κ1) is 25.7. The molecule has 0 radical (unpaired) electrons. The van der Waals surface area contributed by atoms with Crippen molar-refractivity contribution in [3.05, 3.63) is 12.2 Å². The third kappa shape index (κ3) is 6.09. The van der Waals surface area contributed by atoms with Crippen molar-refractivity contribution in [1.82, 2.24) is 0 Å². The van der Waals surface area contributed by atoms with Crippen LogP contribution in [0, 0.1) is 5.92 Å². The molecule has 0 aliphatic rings. The normalized spacial score (nSPS) is 15.1. The minimum atomic E-state index is -6.71. The molecule has 0 fully saturated rings. The van der Waals surface area contributed by atoms with E-state index < -0.39 is 66.1 Å². The van der Waals surface area contributed by atoms with Crippen molar-refractivity contribution in [2.45, 2.75) is 55.3 Å². The van der Waals surface area contributed by atoms with Crippen molar-refractivity contribution in [2.24, 2.45) is 5.92 Å². The van der Waals surface area contributed by atoms with Gasteiger partial charge >= 0.3 is 17.0 Å². The smallest absolute Gasteiger partial charge is 0.459 e. The second-order valence-corrected chi connectivity index (χ2v) is 10.5. The van der Waals surface area contributed by atoms with Crippen molar-refractivity contribution in [2.75, 3.05) is 0 Å². The Labute approximate surface area is 152 Å². The molecule has 0 spiro atoms. The van der Waals surface area contributed by atoms with Crippen LogP contribution in [0.5, 0.6) is 0 Å². The fourth-order valence-corrected chi connectivity index (χ4v) is 5.32. The average Bonchev–Trinajstić information content (AvgIpc) is 2.42. The van der Waals surface area contributed by atoms with Crippen LogP contribution in [0.4, 0.5) is 26.3 Å². The number of halogens is 6. The van der Waals surface area contributed by atoms with Crippen molar-refractivity contribution in [3.63, 3.8) is 0 Å². The number of alkyl halides is 6. The first-order valence-corrected chi connectivity index (χ1v) is 10.3. The van der Waals surface area contributed by atoms with E-state index in [0.29, 0.717) is 0 Å². The van der Waals surface area contributed by atoms with Gasteiger partial charge in [-0.05, 0) is 25.7 Å². The predicted molar refractivity (Wildman–Crippen MR) is 82.5 cm³/mol. The summed E-state index contributed by atoms with van der Waals surface area (Å²) in [5, 5.41) is 0. The molecule has 0 aliphatic heterocycles. The second kappa shape index (κ2) is 8.37. The first-order chi connectivity index (χ1) is 11.8. The van der Waals surface area contributed by atoms with E-state index in [1.165, 1.54) is 20.8 Å². The molecule has 0 N–H and O–H groups in total. The molecule has 1 unspecified atom stereocenters. The molecule has 0 aliphatic carbocycles. The summed E-state index contributed by atoms with van der Waals surface area (Å²) in [7, 11) is -13.4. The molecule has 6 nitrogen and oxygen atoms in total. The Morgan fingerprint density at radius 3 is 1.56 bits per heavy atom. The molecule has 0 saturated carbocycles. The summed E-state index contributed by atoms with van der Waals surface area (Å²) < 4.78 is 123. The largest absolute Gasteiger partial charge is 0.498 e. The maximum absolute atomic E-state index is 12.7. The lowest BCUT2D eigenvalue weighted by Crippen LogP contribution is -2.45. The van der Waals surface area contributed by atoms with Crippen LogP contribution in [-0.4, -0.2) is 44.5 Å². The highest BCUT2D eigenvalue weighted by Gasteiger charge is 2.62. The lowest BCUT2D eigenvalue weighted by atomic mass is 10.0. The molecule has 0 bridgehead atoms. The quantitative estimate of drug-likeness (QED) is 0.322. The predicted octanol–water partition coefficient (Wildman–Crippen LogP) is 3.11. The molecule has 0 amide bonds. The summed E-state index contributed by atoms with van der Waals surface area (Å²) in [5.74, 6) is -1.67. The standard InChI is InChI=1S/C13H18F6O6S2/c1-7(2)9(25-11(20)8(3)4)5-6-10(26(21,22)12(14,15)16)27(23,24)13(17,18)19/h7,9-10H,3,5-6H2,1-2,4H3. The molecular weight excluding hydrogens is 430 g/mol. The number of esters is 1. The summed E-state index contributed by atoms with van der Waals surface area (Å²) >= 11 is 0. The molecule has 0 rings (SSSR count). The van der Waals surface area contributed by atoms with Crippen LogP contribution in [0.1, 0.15) is 33.6 Å². The van der Waals surface area contributed by atoms with Gasteiger partial charge in [-0.3, -0.25) is 0 Å². The molecule has 1 atom stereocenters. The zero-order valence-corrected chi connectivity index (χ0v) is 16.0. The summed E-state index contributed by atoms with van der Waals surface area (Å²) in [4.78, 5) is 11.5. The summed E-state index contributed by atoms with van der Waals surface area (Å²) in [5.41, 5.74) is -12.6. The minimum absolute atomic E-state index is 0.122. The first-order valence-electron chi connectivity index (χ1n) is 7.23. The maximum atomic E-state index is 12.7. The Morgan fingerprint density at radius 2 is 1.30 bits per heavy atom. The Morgan fingerprint density at radius 1 is 0.926 bits per heavy atom. The van der Waals surface area contributed by atoms with Crippen molar-refractivity contribution >= 4 is 25.6 Å². The van der Waals surface area contributed by atoms with Gasteiger partial charge in [-0.1, -0.05) is 20.4 Å². The number of carbonyl (C=O) groups excluding carboxylic acids is 1. The summed E-state index contributed by atoms with van der Waals surface area (Å²) in [6.07, 6.45) is -3.77. The van der Waals surface area contributed by atoms with Gasteiger partial charge < -0.3 is 4.74 Å². The Bertz CT molecular complexity index is 720. The van der Waals surface area contributed by atoms with Gasteiger partial charge in [0.15, 0.2) is 4.58 Å². The minimum Gasteiger partial charge on any atom is -0.459 e. The van der Waals surface area contributed by atoms with Gasteiger partial charge in [-0.25, -0.2) is 21.6 Å². The molecule has 0 saturated heterocycles. The maximum Gasteiger partial charge on any atom is 0.498 e. The fraction of sp³-hybridized carbons (Fsp3) is 0.769. The van der Waals surface area contributed by atoms with Crippen LogP contribution >= 0.6 is 0 Å². The topological polar surface area (TPSA) is 94.6 Å². The number of sulfone groups is 2. The lowest BCUT2D eigenvalue weighted by molar-refractivity contribution is -0.146. The van der Waals surface area contributed by atoms with Crippen LogP contribution in [0.2, 0.25) is 0 Å². The molecule has 0 aromatic carbocycles. The molecule has 0 heterocycles. The average molecular weight is 448 g/mol. The third-order valence-corrected chi connectivity index (χ3v) is 8.04. The van der Waals surface area contributed by atoms with E-state index >= 15 is 0 Å². The molecule has 160 valence electrons. The number of hydrogen-bond acceptors (Lipinski definition) is 6. The highest BCUT2D eigenvalue weighted by Crippen LogP contribution is 2.38. The Kier molecular flexibility index (Phi) is 7.96. The lowest BCUT2D eigenvalue weighted by Gasteiger charge is -2.25. The van der Waals surface area contributed by atoms with E-state index in [9.17, 15) is 48.0 Å². The van der Waals surface area contributed by atoms with Gasteiger partial charge in [0.05, 0.1) is 0 Å². The van der Waals surface area contributed by atoms with Gasteiger partial charge in [-0.15, -0.1) is 0 Å². The van der Waals surface area contributed by atoms with E-state index in [-0.39, 0.29) is 5.57 Å². The van der Waals surface area contributed by atoms with E-state index in [2.05, 4.69) is 6.58 Å². The number of ether oxygens (including phenoxy) is 1. The molecular formula is C13H18F6O6S2. The second-order valence-electron chi connectivity index (χ2n) is 5.96. The Balaban J connectivity index is 5.95. The summed E-state index contributed by atoms with van der Waals surface area (Å²) in [6.45, 7) is 7.25. The van der Waals surface area contributed by atoms with E-state index in [0.717, 1.165) is 0 Å². The number of carbonyl (C=O) groups is 1. The van der Waals surface area contributed by atoms with Gasteiger partial charge in [0.2, 0.25) is 0 Å². The third-order valence-electron chi connectivity index (χ3n) is 3.37. The summed E-state index contributed by atoms with van der Waals surface area (Å²) in [6, 6.07) is 0. The van der Waals surface area contributed by atoms with Crippen LogP contribution in [-0.2, 0) is 29.2 Å². The molecule has 27 heavy (non-hydrogen) atoms. The van der Waals surface area contributed by atoms with Crippen molar-refractivity contribution in [1.29, 1.82) is 0 Å². The van der Waals surface area contributed by atoms with E-state index in [1.807, 2.05) is 0 Å². The molecule has 0 aromatic rings. The monoisotopic (exact) mass is 448 g/mol. The van der Waals surface area contributed by atoms with Crippen LogP contribution in [0.15, 0.2) is 12.2 Å². The SMILES string of the molecule is C=C(C)C(=O)OC(CCC(S(=O)(=O)C(F)(F)F)S(=O)(=O)C(F)(F)F)C(C)C. The zero-order chi connectivity index (χ0) is 22.0. The number of hydrogen-bond donors (Lipinski definition) is 0. The molecule has 0 aromatic heterocycles. The van der Waals surface area contributed by atoms with Gasteiger partial charge in [-0.2, -0.15) is 26.3 Å². The number of rotatable bonds is 8. The van der Waals surface area contributed by atoms with Gasteiger partial charge in [0, 0.05) is 5.57 Å². The Hall–Kier alpha value is -1.31. The van der Waals surface area contributed by atoms with Crippen LogP contribution in [0.3, 0.4) is 0 Å². The van der Waals surface area contributed by atoms with Crippen molar-refractivity contribution in [3.8, 4) is 0 Å². The van der Waals surface area contributed by atoms with E-state index in [4.69, 9.17) is 4.74 Å². The highest BCUT2D eigenvalue weighted by atomic mass is 32.3.